The minimum Gasteiger partial charge on any atom is -0.381 e. The molecule has 1 aliphatic rings. The van der Waals surface area contributed by atoms with Crippen LogP contribution in [-0.4, -0.2) is 38.2 Å². The monoisotopic (exact) mass is 444 g/mol. The Hall–Kier alpha value is -3.65. The van der Waals surface area contributed by atoms with Crippen molar-refractivity contribution in [1.82, 2.24) is 25.0 Å². The van der Waals surface area contributed by atoms with Gasteiger partial charge in [0.25, 0.3) is 0 Å². The van der Waals surface area contributed by atoms with Crippen molar-refractivity contribution in [2.45, 2.75) is 25.9 Å². The van der Waals surface area contributed by atoms with Crippen LogP contribution in [0.25, 0.3) is 22.6 Å². The molecule has 1 fully saturated rings. The molecule has 0 spiro atoms. The van der Waals surface area contributed by atoms with Crippen molar-refractivity contribution in [2.75, 3.05) is 18.5 Å². The van der Waals surface area contributed by atoms with Crippen LogP contribution in [0.3, 0.4) is 0 Å². The van der Waals surface area contributed by atoms with Gasteiger partial charge in [0.05, 0.1) is 18.3 Å². The number of aromatic nitrogens is 5. The third-order valence-electron chi connectivity index (χ3n) is 5.85. The summed E-state index contributed by atoms with van der Waals surface area (Å²) >= 11 is 0. The maximum atomic E-state index is 13.5. The van der Waals surface area contributed by atoms with Gasteiger partial charge in [-0.05, 0) is 49.2 Å². The number of hydrogen-bond donors (Lipinski definition) is 1. The molecule has 5 rings (SSSR count). The zero-order valence-corrected chi connectivity index (χ0v) is 18.4. The van der Waals surface area contributed by atoms with Gasteiger partial charge >= 0.3 is 0 Å². The highest BCUT2D eigenvalue weighted by molar-refractivity contribution is 5.76. The van der Waals surface area contributed by atoms with E-state index < -0.39 is 0 Å². The highest BCUT2D eigenvalue weighted by Gasteiger charge is 2.23. The number of ether oxygens (including phenoxy) is 1. The quantitative estimate of drug-likeness (QED) is 0.443. The van der Waals surface area contributed by atoms with E-state index in [9.17, 15) is 4.39 Å². The number of rotatable bonds is 7. The van der Waals surface area contributed by atoms with Crippen molar-refractivity contribution in [3.05, 3.63) is 78.2 Å². The molecule has 0 saturated carbocycles. The number of halogens is 1. The third-order valence-corrected chi connectivity index (χ3v) is 5.85. The van der Waals surface area contributed by atoms with Gasteiger partial charge in [-0.25, -0.2) is 19.0 Å². The van der Waals surface area contributed by atoms with Gasteiger partial charge in [-0.15, -0.1) is 5.10 Å². The summed E-state index contributed by atoms with van der Waals surface area (Å²) in [6.45, 7) is 4.22. The largest absolute Gasteiger partial charge is 0.381 e. The van der Waals surface area contributed by atoms with Crippen LogP contribution in [0, 0.1) is 11.7 Å². The van der Waals surface area contributed by atoms with Crippen molar-refractivity contribution in [1.29, 1.82) is 0 Å². The van der Waals surface area contributed by atoms with Crippen molar-refractivity contribution in [3.63, 3.8) is 0 Å². The fourth-order valence-electron chi connectivity index (χ4n) is 4.05. The van der Waals surface area contributed by atoms with Crippen LogP contribution in [0.15, 0.2) is 66.9 Å². The number of benzene rings is 2. The second-order valence-corrected chi connectivity index (χ2v) is 8.25. The molecular weight excluding hydrogens is 419 g/mol. The SMILES string of the molecule is CC(Nc1nccc(-c2c(-c3ccc(F)cc3)nnn2CC2CCOC2)n1)c1ccccc1. The van der Waals surface area contributed by atoms with E-state index in [1.54, 1.807) is 18.3 Å². The standard InChI is InChI=1S/C25H25FN6O/c1-17(19-5-3-2-4-6-19)28-25-27-13-11-22(29-25)24-23(20-7-9-21(26)10-8-20)30-31-32(24)15-18-12-14-33-16-18/h2-11,13,17-18H,12,14-16H2,1H3,(H,27,28,29). The molecule has 168 valence electrons. The second-order valence-electron chi connectivity index (χ2n) is 8.25. The molecule has 0 radical (unpaired) electrons. The Kier molecular flexibility index (Phi) is 6.08. The third kappa shape index (κ3) is 4.75. The van der Waals surface area contributed by atoms with Crippen LogP contribution in [0.1, 0.15) is 24.9 Å². The summed E-state index contributed by atoms with van der Waals surface area (Å²) in [5, 5.41) is 12.2. The molecule has 2 atom stereocenters. The van der Waals surface area contributed by atoms with E-state index in [0.29, 0.717) is 36.4 Å². The summed E-state index contributed by atoms with van der Waals surface area (Å²) in [6.07, 6.45) is 2.71. The first-order chi connectivity index (χ1) is 16.2. The van der Waals surface area contributed by atoms with E-state index in [1.165, 1.54) is 12.1 Å². The molecular formula is C25H25FN6O. The molecule has 2 aromatic heterocycles. The lowest BCUT2D eigenvalue weighted by Crippen LogP contribution is -2.14. The molecule has 0 amide bonds. The van der Waals surface area contributed by atoms with Crippen LogP contribution >= 0.6 is 0 Å². The van der Waals surface area contributed by atoms with Gasteiger partial charge in [0.15, 0.2) is 0 Å². The van der Waals surface area contributed by atoms with Crippen molar-refractivity contribution >= 4 is 5.95 Å². The van der Waals surface area contributed by atoms with E-state index in [4.69, 9.17) is 9.72 Å². The predicted molar refractivity (Wildman–Crippen MR) is 124 cm³/mol. The minimum absolute atomic E-state index is 0.0386. The highest BCUT2D eigenvalue weighted by atomic mass is 19.1. The number of hydrogen-bond acceptors (Lipinski definition) is 6. The van der Waals surface area contributed by atoms with Gasteiger partial charge in [0.1, 0.15) is 17.2 Å². The van der Waals surface area contributed by atoms with Crippen LogP contribution < -0.4 is 5.32 Å². The predicted octanol–water partition coefficient (Wildman–Crippen LogP) is 4.75. The Morgan fingerprint density at radius 1 is 1.12 bits per heavy atom. The lowest BCUT2D eigenvalue weighted by molar-refractivity contribution is 0.181. The molecule has 1 saturated heterocycles. The zero-order valence-electron chi connectivity index (χ0n) is 18.4. The molecule has 4 aromatic rings. The summed E-state index contributed by atoms with van der Waals surface area (Å²) in [6, 6.07) is 18.3. The molecule has 33 heavy (non-hydrogen) atoms. The Labute approximate surface area is 191 Å². The maximum absolute atomic E-state index is 13.5. The summed E-state index contributed by atoms with van der Waals surface area (Å²) in [5.74, 6) is 0.592. The Balaban J connectivity index is 1.50. The van der Waals surface area contributed by atoms with Gasteiger partial charge in [-0.2, -0.15) is 0 Å². The first kappa shape index (κ1) is 21.2. The smallest absolute Gasteiger partial charge is 0.223 e. The average molecular weight is 445 g/mol. The summed E-state index contributed by atoms with van der Waals surface area (Å²) < 4.78 is 21.0. The van der Waals surface area contributed by atoms with E-state index in [0.717, 1.165) is 29.8 Å². The van der Waals surface area contributed by atoms with Gasteiger partial charge in [0.2, 0.25) is 5.95 Å². The van der Waals surface area contributed by atoms with E-state index in [-0.39, 0.29) is 11.9 Å². The Morgan fingerprint density at radius 2 is 1.94 bits per heavy atom. The van der Waals surface area contributed by atoms with Gasteiger partial charge < -0.3 is 10.1 Å². The Bertz CT molecular complexity index is 1210. The first-order valence-corrected chi connectivity index (χ1v) is 11.1. The maximum Gasteiger partial charge on any atom is 0.223 e. The second kappa shape index (κ2) is 9.46. The molecule has 1 N–H and O–H groups in total. The number of anilines is 1. The molecule has 8 heteroatoms. The molecule has 1 aliphatic heterocycles. The topological polar surface area (TPSA) is 77.8 Å². The summed E-state index contributed by atoms with van der Waals surface area (Å²) in [4.78, 5) is 9.21. The fraction of sp³-hybridized carbons (Fsp3) is 0.280. The van der Waals surface area contributed by atoms with Crippen molar-refractivity contribution in [3.8, 4) is 22.6 Å². The van der Waals surface area contributed by atoms with Crippen LogP contribution in [0.2, 0.25) is 0 Å². The zero-order chi connectivity index (χ0) is 22.6. The average Bonchev–Trinajstić information content (AvgIpc) is 3.51. The van der Waals surface area contributed by atoms with E-state index >= 15 is 0 Å². The van der Waals surface area contributed by atoms with Gasteiger partial charge in [0, 0.05) is 30.8 Å². The number of nitrogens with zero attached hydrogens (tertiary/aromatic N) is 5. The fourth-order valence-corrected chi connectivity index (χ4v) is 4.05. The molecule has 2 aromatic carbocycles. The molecule has 0 bridgehead atoms. The van der Waals surface area contributed by atoms with Crippen LogP contribution in [0.4, 0.5) is 10.3 Å². The molecule has 2 unspecified atom stereocenters. The van der Waals surface area contributed by atoms with Crippen molar-refractivity contribution in [2.24, 2.45) is 5.92 Å². The normalized spacial score (nSPS) is 16.6. The first-order valence-electron chi connectivity index (χ1n) is 11.1. The summed E-state index contributed by atoms with van der Waals surface area (Å²) in [7, 11) is 0. The number of nitrogens with one attached hydrogen (secondary N) is 1. The summed E-state index contributed by atoms with van der Waals surface area (Å²) in [5.41, 5.74) is 4.08. The minimum atomic E-state index is -0.292. The van der Waals surface area contributed by atoms with E-state index in [1.807, 2.05) is 28.9 Å². The molecule has 3 heterocycles. The lowest BCUT2D eigenvalue weighted by atomic mass is 10.1. The van der Waals surface area contributed by atoms with Crippen LogP contribution in [0.5, 0.6) is 0 Å². The van der Waals surface area contributed by atoms with E-state index in [2.05, 4.69) is 39.7 Å². The lowest BCUT2D eigenvalue weighted by Gasteiger charge is -2.15. The van der Waals surface area contributed by atoms with Crippen molar-refractivity contribution < 1.29 is 9.13 Å². The highest BCUT2D eigenvalue weighted by Crippen LogP contribution is 2.31. The molecule has 7 nitrogen and oxygen atoms in total. The molecule has 0 aliphatic carbocycles. The van der Waals surface area contributed by atoms with Gasteiger partial charge in [-0.1, -0.05) is 35.5 Å². The van der Waals surface area contributed by atoms with Gasteiger partial charge in [-0.3, -0.25) is 0 Å². The van der Waals surface area contributed by atoms with Crippen LogP contribution in [-0.2, 0) is 11.3 Å². The Morgan fingerprint density at radius 3 is 2.70 bits per heavy atom.